The average Bonchev–Trinajstić information content (AvgIpc) is 2.43. The zero-order chi connectivity index (χ0) is 15.5. The van der Waals surface area contributed by atoms with E-state index in [1.54, 1.807) is 18.3 Å². The van der Waals surface area contributed by atoms with Crippen molar-refractivity contribution in [3.8, 4) is 5.75 Å². The molecule has 0 aromatic carbocycles. The number of pyridine rings is 1. The van der Waals surface area contributed by atoms with Crippen molar-refractivity contribution in [2.24, 2.45) is 21.7 Å². The molecule has 0 amide bonds. The molecular weight excluding hydrogens is 274 g/mol. The Morgan fingerprint density at radius 3 is 2.90 bits per heavy atom. The lowest BCUT2D eigenvalue weighted by Crippen LogP contribution is -2.21. The first-order valence-electron chi connectivity index (χ1n) is 6.51. The monoisotopic (exact) mass is 293 g/mol. The van der Waals surface area contributed by atoms with Crippen LogP contribution in [0.15, 0.2) is 28.5 Å². The Labute approximate surface area is 122 Å². The first-order chi connectivity index (χ1) is 10.1. The Morgan fingerprint density at radius 1 is 1.38 bits per heavy atom. The van der Waals surface area contributed by atoms with Gasteiger partial charge >= 0.3 is 5.97 Å². The van der Waals surface area contributed by atoms with Crippen molar-refractivity contribution in [1.82, 2.24) is 4.98 Å². The lowest BCUT2D eigenvalue weighted by atomic mass is 10.2. The predicted octanol–water partition coefficient (Wildman–Crippen LogP) is 0.713. The third-order valence-corrected chi connectivity index (χ3v) is 2.45. The van der Waals surface area contributed by atoms with Gasteiger partial charge in [-0.15, -0.1) is 5.10 Å². The number of carbonyl (C=O) groups is 1. The van der Waals surface area contributed by atoms with Gasteiger partial charge in [-0.25, -0.2) is 0 Å². The molecule has 1 aromatic rings. The number of hydrogen-bond acceptors (Lipinski definition) is 5. The Kier molecular flexibility index (Phi) is 7.26. The number of carboxylic acid groups (broad SMARTS) is 1. The summed E-state index contributed by atoms with van der Waals surface area (Å²) in [7, 11) is 0. The number of unbranched alkanes of at least 4 members (excludes halogenated alkanes) is 2. The van der Waals surface area contributed by atoms with Crippen LogP contribution in [0, 0.1) is 0 Å². The highest BCUT2D eigenvalue weighted by molar-refractivity contribution is 5.82. The fourth-order valence-corrected chi connectivity index (χ4v) is 1.51. The molecule has 1 rings (SSSR count). The van der Waals surface area contributed by atoms with Crippen LogP contribution in [0.25, 0.3) is 0 Å². The zero-order valence-corrected chi connectivity index (χ0v) is 11.6. The maximum Gasteiger partial charge on any atom is 0.303 e. The number of carboxylic acids is 1. The molecule has 0 spiro atoms. The molecule has 21 heavy (non-hydrogen) atoms. The average molecular weight is 293 g/mol. The summed E-state index contributed by atoms with van der Waals surface area (Å²) < 4.78 is 5.59. The number of nitrogens with two attached hydrogens (primary N) is 2. The molecule has 8 heteroatoms. The van der Waals surface area contributed by atoms with Gasteiger partial charge in [0, 0.05) is 12.6 Å². The smallest absolute Gasteiger partial charge is 0.303 e. The summed E-state index contributed by atoms with van der Waals surface area (Å²) >= 11 is 0. The van der Waals surface area contributed by atoms with Crippen molar-refractivity contribution < 1.29 is 14.6 Å². The van der Waals surface area contributed by atoms with Crippen molar-refractivity contribution in [2.75, 3.05) is 6.61 Å². The number of rotatable bonds is 9. The molecule has 0 radical (unpaired) electrons. The van der Waals surface area contributed by atoms with E-state index in [1.165, 1.54) is 6.21 Å². The molecule has 0 saturated carbocycles. The van der Waals surface area contributed by atoms with Crippen molar-refractivity contribution in [2.45, 2.75) is 25.7 Å². The van der Waals surface area contributed by atoms with Crippen molar-refractivity contribution >= 4 is 18.1 Å². The lowest BCUT2D eigenvalue weighted by molar-refractivity contribution is -0.137. The van der Waals surface area contributed by atoms with Crippen LogP contribution < -0.4 is 16.2 Å². The molecular formula is C13H19N5O3. The summed E-state index contributed by atoms with van der Waals surface area (Å²) in [5, 5.41) is 15.7. The van der Waals surface area contributed by atoms with Crippen LogP contribution in [-0.2, 0) is 4.79 Å². The molecule has 0 saturated heterocycles. The number of guanidine groups is 1. The van der Waals surface area contributed by atoms with Crippen LogP contribution in [0.4, 0.5) is 0 Å². The minimum Gasteiger partial charge on any atom is -0.491 e. The Hall–Kier alpha value is -2.64. The number of aromatic nitrogens is 1. The topological polar surface area (TPSA) is 136 Å². The van der Waals surface area contributed by atoms with Crippen LogP contribution in [0.5, 0.6) is 5.75 Å². The molecule has 0 atom stereocenters. The molecule has 5 N–H and O–H groups in total. The number of aliphatic carboxylic acids is 1. The Bertz CT molecular complexity index is 512. The predicted molar refractivity (Wildman–Crippen MR) is 79.2 cm³/mol. The molecule has 8 nitrogen and oxygen atoms in total. The Morgan fingerprint density at radius 2 is 2.19 bits per heavy atom. The minimum atomic E-state index is -0.776. The standard InChI is InChI=1S/C13H19N5O3/c14-13(15)18-17-9-10-11(5-4-7-16-10)21-8-3-1-2-6-12(19)20/h4-5,7,9H,1-3,6,8H2,(H,19,20)(H4,14,15,18)/b17-9+. The molecule has 0 aliphatic heterocycles. The van der Waals surface area contributed by atoms with Crippen molar-refractivity contribution in [1.29, 1.82) is 0 Å². The first-order valence-corrected chi connectivity index (χ1v) is 6.51. The van der Waals surface area contributed by atoms with E-state index >= 15 is 0 Å². The van der Waals surface area contributed by atoms with Crippen LogP contribution in [-0.4, -0.2) is 34.8 Å². The number of nitrogens with zero attached hydrogens (tertiary/aromatic N) is 3. The zero-order valence-electron chi connectivity index (χ0n) is 11.6. The first kappa shape index (κ1) is 16.4. The SMILES string of the molecule is NC(N)=N/N=C/c1ncccc1OCCCCCC(=O)O. The van der Waals surface area contributed by atoms with Crippen molar-refractivity contribution in [3.05, 3.63) is 24.0 Å². The van der Waals surface area contributed by atoms with Crippen LogP contribution in [0.1, 0.15) is 31.4 Å². The van der Waals surface area contributed by atoms with E-state index in [9.17, 15) is 4.79 Å². The van der Waals surface area contributed by atoms with Crippen LogP contribution in [0.2, 0.25) is 0 Å². The summed E-state index contributed by atoms with van der Waals surface area (Å²) in [6.07, 6.45) is 5.40. The van der Waals surface area contributed by atoms with Gasteiger partial charge in [-0.1, -0.05) is 0 Å². The van der Waals surface area contributed by atoms with E-state index in [0.29, 0.717) is 24.5 Å². The molecule has 0 aliphatic carbocycles. The highest BCUT2D eigenvalue weighted by atomic mass is 16.5. The van der Waals surface area contributed by atoms with E-state index < -0.39 is 5.97 Å². The van der Waals surface area contributed by atoms with Gasteiger partial charge in [-0.3, -0.25) is 9.78 Å². The highest BCUT2D eigenvalue weighted by Gasteiger charge is 2.02. The summed E-state index contributed by atoms with van der Waals surface area (Å²) in [6.45, 7) is 0.481. The maximum atomic E-state index is 10.4. The summed E-state index contributed by atoms with van der Waals surface area (Å²) in [4.78, 5) is 14.5. The van der Waals surface area contributed by atoms with Crippen LogP contribution in [0.3, 0.4) is 0 Å². The lowest BCUT2D eigenvalue weighted by Gasteiger charge is -2.07. The van der Waals surface area contributed by atoms with Gasteiger partial charge in [-0.2, -0.15) is 5.10 Å². The normalized spacial score (nSPS) is 10.5. The largest absolute Gasteiger partial charge is 0.491 e. The van der Waals surface area contributed by atoms with Gasteiger partial charge in [0.1, 0.15) is 11.4 Å². The number of ether oxygens (including phenoxy) is 1. The number of hydrogen-bond donors (Lipinski definition) is 3. The van der Waals surface area contributed by atoms with Gasteiger partial charge in [0.05, 0.1) is 12.8 Å². The fourth-order valence-electron chi connectivity index (χ4n) is 1.51. The quantitative estimate of drug-likeness (QED) is 0.265. The van der Waals surface area contributed by atoms with Crippen molar-refractivity contribution in [3.63, 3.8) is 0 Å². The van der Waals surface area contributed by atoms with Gasteiger partial charge in [0.2, 0.25) is 5.96 Å². The van der Waals surface area contributed by atoms with Gasteiger partial charge in [0.15, 0.2) is 0 Å². The Balaban J connectivity index is 2.42. The second kappa shape index (κ2) is 9.29. The summed E-state index contributed by atoms with van der Waals surface area (Å²) in [5.74, 6) is -0.338. The van der Waals surface area contributed by atoms with E-state index in [1.807, 2.05) is 0 Å². The highest BCUT2D eigenvalue weighted by Crippen LogP contribution is 2.14. The third-order valence-electron chi connectivity index (χ3n) is 2.45. The third kappa shape index (κ3) is 7.51. The van der Waals surface area contributed by atoms with E-state index in [-0.39, 0.29) is 12.4 Å². The molecule has 1 aromatic heterocycles. The molecule has 0 fully saturated rings. The van der Waals surface area contributed by atoms with Crippen LogP contribution >= 0.6 is 0 Å². The fraction of sp³-hybridized carbons (Fsp3) is 0.385. The molecule has 0 unspecified atom stereocenters. The van der Waals surface area contributed by atoms with E-state index in [4.69, 9.17) is 21.3 Å². The van der Waals surface area contributed by atoms with Gasteiger partial charge < -0.3 is 21.3 Å². The molecule has 114 valence electrons. The summed E-state index contributed by atoms with van der Waals surface area (Å²) in [6, 6.07) is 3.51. The second-order valence-corrected chi connectivity index (χ2v) is 4.21. The molecule has 0 bridgehead atoms. The molecule has 1 heterocycles. The molecule has 0 aliphatic rings. The van der Waals surface area contributed by atoms with Gasteiger partial charge in [0.25, 0.3) is 0 Å². The minimum absolute atomic E-state index is 0.136. The van der Waals surface area contributed by atoms with E-state index in [2.05, 4.69) is 15.2 Å². The second-order valence-electron chi connectivity index (χ2n) is 4.21. The van der Waals surface area contributed by atoms with E-state index in [0.717, 1.165) is 12.8 Å². The van der Waals surface area contributed by atoms with Gasteiger partial charge in [-0.05, 0) is 31.4 Å². The maximum absolute atomic E-state index is 10.4. The summed E-state index contributed by atoms with van der Waals surface area (Å²) in [5.41, 5.74) is 10.8.